The molecule has 5 aliphatic rings. The molecule has 2 aliphatic heterocycles. The number of rotatable bonds is 5. The van der Waals surface area contributed by atoms with Crippen LogP contribution in [0, 0.1) is 47.8 Å². The number of amides is 1. The first kappa shape index (κ1) is 23.4. The van der Waals surface area contributed by atoms with Crippen LogP contribution in [0.1, 0.15) is 65.9 Å². The molecule has 3 heterocycles. The van der Waals surface area contributed by atoms with Crippen LogP contribution in [0.15, 0.2) is 18.2 Å². The summed E-state index contributed by atoms with van der Waals surface area (Å²) in [5.74, 6) is 1.24. The van der Waals surface area contributed by atoms with Gasteiger partial charge in [-0.25, -0.2) is 4.98 Å². The maximum atomic E-state index is 13.6. The molecule has 1 aromatic heterocycles. The van der Waals surface area contributed by atoms with Crippen molar-refractivity contribution in [2.75, 3.05) is 18.5 Å². The minimum absolute atomic E-state index is 0.197. The number of benzene rings is 1. The highest BCUT2D eigenvalue weighted by atomic mass is 16.5. The third kappa shape index (κ3) is 3.42. The van der Waals surface area contributed by atoms with Crippen molar-refractivity contribution in [2.24, 2.45) is 11.3 Å². The number of hydrogen-bond donors (Lipinski definition) is 1. The lowest BCUT2D eigenvalue weighted by Gasteiger charge is -2.66. The molecule has 1 amide bonds. The van der Waals surface area contributed by atoms with E-state index < -0.39 is 5.72 Å². The number of nitrogens with one attached hydrogen (secondary N) is 1. The van der Waals surface area contributed by atoms with E-state index in [1.54, 1.807) is 11.0 Å². The third-order valence-corrected chi connectivity index (χ3v) is 8.12. The zero-order valence-corrected chi connectivity index (χ0v) is 21.4. The molecule has 1 unspecified atom stereocenters. The number of anilines is 1. The Morgan fingerprint density at radius 3 is 2.57 bits per heavy atom. The van der Waals surface area contributed by atoms with Crippen molar-refractivity contribution >= 4 is 17.9 Å². The van der Waals surface area contributed by atoms with Gasteiger partial charge in [0.25, 0.3) is 5.91 Å². The van der Waals surface area contributed by atoms with Crippen LogP contribution in [0.25, 0.3) is 6.08 Å². The van der Waals surface area contributed by atoms with Crippen LogP contribution in [-0.2, 0) is 10.5 Å². The average Bonchev–Trinajstić information content (AvgIpc) is 3.03. The molecule has 0 radical (unpaired) electrons. The molecule has 1 aromatic carbocycles. The molecule has 37 heavy (non-hydrogen) atoms. The molecular formula is C28H28N6O3. The summed E-state index contributed by atoms with van der Waals surface area (Å²) >= 11 is 0. The molecule has 4 fully saturated rings. The van der Waals surface area contributed by atoms with Crippen molar-refractivity contribution in [3.8, 4) is 23.8 Å². The normalized spacial score (nSPS) is 31.0. The first-order valence-corrected chi connectivity index (χ1v) is 12.5. The first-order chi connectivity index (χ1) is 17.6. The van der Waals surface area contributed by atoms with E-state index in [0.29, 0.717) is 30.4 Å². The van der Waals surface area contributed by atoms with Crippen LogP contribution in [-0.4, -0.2) is 39.5 Å². The lowest BCUT2D eigenvalue weighted by molar-refractivity contribution is -0.171. The fraction of sp³-hybridized carbons (Fsp3) is 0.464. The summed E-state index contributed by atoms with van der Waals surface area (Å²) in [4.78, 5) is 24.7. The quantitative estimate of drug-likeness (QED) is 0.597. The zero-order valence-electron chi connectivity index (χ0n) is 21.4. The summed E-state index contributed by atoms with van der Waals surface area (Å²) in [7, 11) is 0. The second-order valence-corrected chi connectivity index (χ2v) is 11.3. The van der Waals surface area contributed by atoms with E-state index in [0.717, 1.165) is 36.0 Å². The lowest BCUT2D eigenvalue weighted by atomic mass is 9.40. The van der Waals surface area contributed by atoms with Gasteiger partial charge in [-0.1, -0.05) is 6.92 Å². The standard InChI is InChI=1S/C28H28N6O3/c1-16-10-34-24(35)21-20(26(34,4)36-11-16)23(32-25(31-21)33-28-12-27(13-28,14-28)15-30)37-22-17(2)8-19(6-5-7-29)9-18(22)3/h5-6,8-9,16H,10-14H2,1-4H3,(H,31,32,33)/b6-5+/t16-,26?,27?,28?/m0/s1. The Balaban J connectivity index is 1.43. The Labute approximate surface area is 215 Å². The Morgan fingerprint density at radius 1 is 1.22 bits per heavy atom. The van der Waals surface area contributed by atoms with Gasteiger partial charge in [0.2, 0.25) is 11.8 Å². The molecule has 1 N–H and O–H groups in total. The molecule has 0 spiro atoms. The molecule has 1 saturated heterocycles. The molecule has 2 aromatic rings. The van der Waals surface area contributed by atoms with E-state index in [4.69, 9.17) is 19.7 Å². The molecule has 7 rings (SSSR count). The number of hydrogen-bond acceptors (Lipinski definition) is 8. The minimum Gasteiger partial charge on any atom is -0.438 e. The summed E-state index contributed by atoms with van der Waals surface area (Å²) < 4.78 is 12.8. The van der Waals surface area contributed by atoms with Crippen molar-refractivity contribution in [1.29, 1.82) is 10.5 Å². The maximum Gasteiger partial charge on any atom is 0.275 e. The van der Waals surface area contributed by atoms with E-state index >= 15 is 0 Å². The van der Waals surface area contributed by atoms with Gasteiger partial charge >= 0.3 is 0 Å². The molecule has 2 bridgehead atoms. The molecule has 2 atom stereocenters. The van der Waals surface area contributed by atoms with Crippen LogP contribution in [0.3, 0.4) is 0 Å². The van der Waals surface area contributed by atoms with Crippen molar-refractivity contribution < 1.29 is 14.3 Å². The summed E-state index contributed by atoms with van der Waals surface area (Å²) in [6.45, 7) is 8.87. The van der Waals surface area contributed by atoms with Gasteiger partial charge in [-0.2, -0.15) is 15.5 Å². The Morgan fingerprint density at radius 2 is 1.92 bits per heavy atom. The number of carbonyl (C=O) groups is 1. The van der Waals surface area contributed by atoms with Gasteiger partial charge in [0.1, 0.15) is 11.4 Å². The minimum atomic E-state index is -1.02. The van der Waals surface area contributed by atoms with Gasteiger partial charge in [-0.15, -0.1) is 0 Å². The number of nitrogens with zero attached hydrogens (tertiary/aromatic N) is 5. The van der Waals surface area contributed by atoms with E-state index in [1.807, 2.05) is 39.0 Å². The summed E-state index contributed by atoms with van der Waals surface area (Å²) in [5.41, 5.74) is 2.01. The number of aryl methyl sites for hydroxylation is 2. The third-order valence-electron chi connectivity index (χ3n) is 8.12. The highest BCUT2D eigenvalue weighted by molar-refractivity contribution is 5.99. The van der Waals surface area contributed by atoms with Gasteiger partial charge in [0.05, 0.1) is 29.7 Å². The molecule has 3 aliphatic carbocycles. The number of ether oxygens (including phenoxy) is 2. The Bertz CT molecular complexity index is 1420. The SMILES string of the molecule is Cc1cc(/C=C/C#N)cc(C)c1Oc1nc(NC23CC(C#N)(C2)C3)nc2c1C1(C)OC[C@@H](C)CN1C2=O. The largest absolute Gasteiger partial charge is 0.438 e. The Hall–Kier alpha value is -3.95. The highest BCUT2D eigenvalue weighted by Gasteiger charge is 2.69. The number of nitriles is 2. The van der Waals surface area contributed by atoms with Crippen molar-refractivity contribution in [3.05, 3.63) is 46.2 Å². The smallest absolute Gasteiger partial charge is 0.275 e. The van der Waals surface area contributed by atoms with Gasteiger partial charge in [-0.05, 0) is 80.9 Å². The fourth-order valence-electron chi connectivity index (χ4n) is 6.42. The predicted octanol–water partition coefficient (Wildman–Crippen LogP) is 4.58. The summed E-state index contributed by atoms with van der Waals surface area (Å²) in [5, 5.41) is 21.7. The van der Waals surface area contributed by atoms with Crippen molar-refractivity contribution in [1.82, 2.24) is 14.9 Å². The second-order valence-electron chi connectivity index (χ2n) is 11.3. The molecule has 3 saturated carbocycles. The molecular weight excluding hydrogens is 468 g/mol. The summed E-state index contributed by atoms with van der Waals surface area (Å²) in [6, 6.07) is 8.31. The molecule has 9 nitrogen and oxygen atoms in total. The van der Waals surface area contributed by atoms with Gasteiger partial charge < -0.3 is 19.7 Å². The van der Waals surface area contributed by atoms with E-state index in [1.165, 1.54) is 6.08 Å². The van der Waals surface area contributed by atoms with Crippen LogP contribution >= 0.6 is 0 Å². The molecule has 9 heteroatoms. The Kier molecular flexibility index (Phi) is 4.93. The average molecular weight is 497 g/mol. The van der Waals surface area contributed by atoms with Crippen LogP contribution < -0.4 is 10.1 Å². The number of carbonyl (C=O) groups excluding carboxylic acids is 1. The topological polar surface area (TPSA) is 124 Å². The van der Waals surface area contributed by atoms with Gasteiger partial charge in [0.15, 0.2) is 5.72 Å². The lowest BCUT2D eigenvalue weighted by Crippen LogP contribution is -2.70. The fourth-order valence-corrected chi connectivity index (χ4v) is 6.42. The summed E-state index contributed by atoms with van der Waals surface area (Å²) in [6.07, 6.45) is 5.44. The monoisotopic (exact) mass is 496 g/mol. The number of allylic oxidation sites excluding steroid dienone is 1. The van der Waals surface area contributed by atoms with Crippen molar-refractivity contribution in [2.45, 2.75) is 58.2 Å². The predicted molar refractivity (Wildman–Crippen MR) is 134 cm³/mol. The number of aromatic nitrogens is 2. The maximum absolute atomic E-state index is 13.6. The van der Waals surface area contributed by atoms with Crippen LogP contribution in [0.4, 0.5) is 5.95 Å². The van der Waals surface area contributed by atoms with Gasteiger partial charge in [-0.3, -0.25) is 4.79 Å². The van der Waals surface area contributed by atoms with E-state index in [-0.39, 0.29) is 34.4 Å². The molecule has 188 valence electrons. The number of fused-ring (bicyclic) bond motifs is 3. The van der Waals surface area contributed by atoms with E-state index in [2.05, 4.69) is 23.3 Å². The van der Waals surface area contributed by atoms with E-state index in [9.17, 15) is 10.1 Å². The first-order valence-electron chi connectivity index (χ1n) is 12.5. The second kappa shape index (κ2) is 7.77. The van der Waals surface area contributed by atoms with Crippen LogP contribution in [0.2, 0.25) is 0 Å². The highest BCUT2D eigenvalue weighted by Crippen LogP contribution is 2.67. The van der Waals surface area contributed by atoms with Crippen LogP contribution in [0.5, 0.6) is 11.6 Å². The van der Waals surface area contributed by atoms with Crippen molar-refractivity contribution in [3.63, 3.8) is 0 Å². The van der Waals surface area contributed by atoms with Gasteiger partial charge in [0, 0.05) is 18.2 Å². The zero-order chi connectivity index (χ0) is 26.2.